The minimum absolute atomic E-state index is 0.876. The molecule has 0 spiro atoms. The maximum Gasteiger partial charge on any atom is 0.217 e. The average molecular weight is 1950 g/mol. The van der Waals surface area contributed by atoms with E-state index in [4.69, 9.17) is 94.7 Å². The average Bonchev–Trinajstić information content (AvgIpc) is 0.767. The zero-order valence-electron chi connectivity index (χ0n) is 71.6. The van der Waals surface area contributed by atoms with Crippen LogP contribution in [0.15, 0.2) is 0 Å². The van der Waals surface area contributed by atoms with Crippen LogP contribution in [0.1, 0.15) is 34.6 Å². The molecule has 133 heavy (non-hydrogen) atoms. The van der Waals surface area contributed by atoms with E-state index in [1.807, 2.05) is 0 Å². The molecule has 0 bridgehead atoms. The number of amides is 4. The van der Waals surface area contributed by atoms with Crippen LogP contribution in [0.2, 0.25) is 0 Å². The summed E-state index contributed by atoms with van der Waals surface area (Å²) in [4.78, 5) is 53.3. The molecule has 0 aromatic rings. The minimum Gasteiger partial charge on any atom is -0.394 e. The van der Waals surface area contributed by atoms with Crippen LogP contribution >= 0.6 is 0 Å². The summed E-state index contributed by atoms with van der Waals surface area (Å²) in [5, 5.41) is 353. The summed E-state index contributed by atoms with van der Waals surface area (Å²) in [7, 11) is 0. The van der Waals surface area contributed by atoms with Gasteiger partial charge in [0.05, 0.1) is 78.8 Å². The fraction of sp³-hybridized carbons (Fsp3) is 0.946. The Bertz CT molecular complexity index is 3570. The molecule has 59 heteroatoms. The van der Waals surface area contributed by atoms with Crippen molar-refractivity contribution in [1.82, 2.24) is 21.3 Å². The first-order valence-corrected chi connectivity index (χ1v) is 42.4. The number of ether oxygens (including phenoxy) is 20. The molecule has 0 saturated carbocycles. The largest absolute Gasteiger partial charge is 0.394 e. The van der Waals surface area contributed by atoms with E-state index in [-0.39, 0.29) is 0 Å². The number of rotatable bonds is 38. The fourth-order valence-electron chi connectivity index (χ4n) is 16.9. The number of carbonyl (C=O) groups excluding carboxylic acids is 4. The van der Waals surface area contributed by atoms with E-state index in [1.165, 1.54) is 6.92 Å². The Hall–Kier alpha value is -4.16. The quantitative estimate of drug-likeness (QED) is 0.0273. The van der Waals surface area contributed by atoms with Gasteiger partial charge in [-0.2, -0.15) is 0 Å². The molecule has 10 saturated heterocycles. The standard InChI is InChI=1S/C74H126N4O55/c1-17-37(94)47(104)51(108)69(116-17)131-62-36(78-21(5)91)66(123-30(14-87)59(62)128-70-52(109)48(105)39(96)24(8-81)119-70)115-16-32-45(102)64(133-68-35(77-20(4)90)61(43(100)28(12-85)118-68)130-72-54(111)50(107)41(98)26(10-83)121-72)56(113)74(125-32)127-58-29(13-86)122-65(33(46(58)103)75-18(2)88)114-15-31-44(101)63(55(112)73(124-31)126-57(23(93)7-80)38(95)22(92)6-79)132-67-34(76-19(3)89)60(42(99)27(11-84)117-67)129-71-53(110)49(106)40(97)25(9-82)120-71/h17,22-74,79-87,92-113H,6-16H2,1-5H3,(H,75,88)(H,76,89)(H,77,90)(H,78,91)/t17-,22-,23+,24+,25+,26+,27+,28+,29+,30+,31+,32+,33+,34+,35+,36+,37+,38+,39-,40-,41-,42+,43+,44-,45-,46+,47+,48-,49-,50-,51-,52+,53+,54+,55+,56+,57+,58+,59+,60+,61+,62+,63-,64-,65+,66+,67-,68-,69-,70-,71-,72-,73-,74-/m0/s1. The van der Waals surface area contributed by atoms with E-state index >= 15 is 0 Å². The molecule has 4 amide bonds. The van der Waals surface area contributed by atoms with Crippen LogP contribution in [-0.4, -0.2) is 586 Å². The first-order chi connectivity index (χ1) is 62.9. The van der Waals surface area contributed by atoms with Crippen molar-refractivity contribution in [3.05, 3.63) is 0 Å². The molecule has 10 rings (SSSR count). The van der Waals surface area contributed by atoms with Gasteiger partial charge in [0.25, 0.3) is 0 Å². The van der Waals surface area contributed by atoms with Crippen molar-refractivity contribution in [3.8, 4) is 0 Å². The molecule has 0 unspecified atom stereocenters. The second-order valence-corrected chi connectivity index (χ2v) is 33.6. The second kappa shape index (κ2) is 49.0. The summed E-state index contributed by atoms with van der Waals surface area (Å²) in [5.74, 6) is -4.05. The lowest BCUT2D eigenvalue weighted by Crippen LogP contribution is -2.71. The Labute approximate surface area is 753 Å². The van der Waals surface area contributed by atoms with Crippen molar-refractivity contribution in [1.29, 1.82) is 0 Å². The van der Waals surface area contributed by atoms with Crippen LogP contribution in [0.25, 0.3) is 0 Å². The number of aliphatic hydroxyl groups is 31. The number of hydrogen-bond acceptors (Lipinski definition) is 55. The second-order valence-electron chi connectivity index (χ2n) is 33.6. The maximum atomic E-state index is 13.5. The summed E-state index contributed by atoms with van der Waals surface area (Å²) < 4.78 is 120. The lowest BCUT2D eigenvalue weighted by Gasteiger charge is -2.51. The van der Waals surface area contributed by atoms with Gasteiger partial charge in [-0.15, -0.1) is 0 Å². The Morgan fingerprint density at radius 1 is 0.256 bits per heavy atom. The zero-order chi connectivity index (χ0) is 98.2. The van der Waals surface area contributed by atoms with Crippen molar-refractivity contribution in [3.63, 3.8) is 0 Å². The van der Waals surface area contributed by atoms with Gasteiger partial charge in [-0.05, 0) is 6.92 Å². The maximum absolute atomic E-state index is 13.5. The first-order valence-electron chi connectivity index (χ1n) is 42.4. The van der Waals surface area contributed by atoms with Gasteiger partial charge in [0, 0.05) is 27.7 Å². The van der Waals surface area contributed by atoms with Gasteiger partial charge in [-0.1, -0.05) is 0 Å². The van der Waals surface area contributed by atoms with Gasteiger partial charge in [-0.3, -0.25) is 19.2 Å². The molecular formula is C74H126N4O55. The van der Waals surface area contributed by atoms with Crippen LogP contribution in [0, 0.1) is 0 Å². The van der Waals surface area contributed by atoms with Crippen molar-refractivity contribution in [2.24, 2.45) is 0 Å². The molecule has 772 valence electrons. The molecular weight excluding hydrogens is 1820 g/mol. The highest BCUT2D eigenvalue weighted by Crippen LogP contribution is 2.41. The summed E-state index contributed by atoms with van der Waals surface area (Å²) in [5.41, 5.74) is 0. The predicted octanol–water partition coefficient (Wildman–Crippen LogP) is -23.7. The number of hydrogen-bond donors (Lipinski definition) is 35. The predicted molar refractivity (Wildman–Crippen MR) is 410 cm³/mol. The van der Waals surface area contributed by atoms with E-state index in [0.717, 1.165) is 27.7 Å². The molecule has 0 aliphatic carbocycles. The molecule has 35 N–H and O–H groups in total. The van der Waals surface area contributed by atoms with Gasteiger partial charge in [-0.25, -0.2) is 0 Å². The molecule has 10 heterocycles. The molecule has 10 aliphatic rings. The number of aliphatic hydroxyl groups excluding tert-OH is 31. The van der Waals surface area contributed by atoms with Gasteiger partial charge in [0.1, 0.15) is 262 Å². The molecule has 0 aromatic heterocycles. The summed E-state index contributed by atoms with van der Waals surface area (Å²) in [6, 6.07) is -8.05. The zero-order valence-corrected chi connectivity index (χ0v) is 71.6. The molecule has 0 radical (unpaired) electrons. The van der Waals surface area contributed by atoms with Gasteiger partial charge < -0.3 is 274 Å². The van der Waals surface area contributed by atoms with Crippen molar-refractivity contribution >= 4 is 23.6 Å². The monoisotopic (exact) mass is 1950 g/mol. The third kappa shape index (κ3) is 25.1. The van der Waals surface area contributed by atoms with Crippen LogP contribution in [0.3, 0.4) is 0 Å². The normalized spacial score (nSPS) is 47.6. The highest BCUT2D eigenvalue weighted by molar-refractivity contribution is 5.74. The van der Waals surface area contributed by atoms with Crippen molar-refractivity contribution in [2.45, 2.75) is 366 Å². The SMILES string of the molecule is CC(=O)N[C@H]1[C@H](OC[C@H]2O[C@@H](O[C@@H]([C@H](O)[C@@H](O)CO)[C@H](O)CO)[C@H](O)[C@@H](O[C@@H]3O[C@H](CO)[C@@H](O)[C@H](O[C@@H]4O[C@H](CO)[C@H](O)[C@H](O)[C@H]4O)[C@H]3NC(C)=O)[C@H]2O)O[C@H](CO)[C@@H](O[C@@H]2O[C@H](CO[C@@H]3O[C@H](CO)[C@@H](O[C@@H]4O[C@H](CO)[C@H](O)[C@H](O)[C@H]4O)[C@H](O[C@@H]4O[C@@H](C)[C@@H](O)[C@@H](O)[C@@H]4O)[C@H]3NC(C)=O)[C@H](O)[C@H](O[C@@H]3O[C@H](CO)[C@@H](O)[C@H](O[C@@H]4O[C@H](CO)[C@H](O)[C@H](O)[C@H]4O)[C@H]3NC(C)=O)[C@H]2O)[C@@H]1O. The van der Waals surface area contributed by atoms with Gasteiger partial charge in [0.15, 0.2) is 62.9 Å². The first kappa shape index (κ1) is 111. The Kier molecular flexibility index (Phi) is 40.8. The third-order valence-corrected chi connectivity index (χ3v) is 24.2. The summed E-state index contributed by atoms with van der Waals surface area (Å²) in [6.45, 7) is -8.09. The number of nitrogens with one attached hydrogen (secondary N) is 4. The third-order valence-electron chi connectivity index (χ3n) is 24.2. The highest BCUT2D eigenvalue weighted by Gasteiger charge is 2.62. The highest BCUT2D eigenvalue weighted by atomic mass is 16.8. The molecule has 0 aromatic carbocycles. The summed E-state index contributed by atoms with van der Waals surface area (Å²) in [6.07, 6.45) is -107. The molecule has 10 aliphatic heterocycles. The van der Waals surface area contributed by atoms with E-state index < -0.39 is 428 Å². The van der Waals surface area contributed by atoms with E-state index in [1.54, 1.807) is 0 Å². The molecule has 59 nitrogen and oxygen atoms in total. The van der Waals surface area contributed by atoms with Gasteiger partial charge >= 0.3 is 0 Å². The topological polar surface area (TPSA) is 928 Å². The van der Waals surface area contributed by atoms with Crippen molar-refractivity contribution < 1.29 is 272 Å². The van der Waals surface area contributed by atoms with Crippen molar-refractivity contribution in [2.75, 3.05) is 72.7 Å². The van der Waals surface area contributed by atoms with Gasteiger partial charge in [0.2, 0.25) is 23.6 Å². The summed E-state index contributed by atoms with van der Waals surface area (Å²) >= 11 is 0. The van der Waals surface area contributed by atoms with Crippen LogP contribution in [0.4, 0.5) is 0 Å². The van der Waals surface area contributed by atoms with E-state index in [2.05, 4.69) is 21.3 Å². The Balaban J connectivity index is 0.997. The lowest BCUT2D eigenvalue weighted by molar-refractivity contribution is -0.387. The lowest BCUT2D eigenvalue weighted by atomic mass is 9.93. The van der Waals surface area contributed by atoms with Crippen LogP contribution < -0.4 is 21.3 Å². The van der Waals surface area contributed by atoms with Crippen LogP contribution in [-0.2, 0) is 114 Å². The number of carbonyl (C=O) groups is 4. The van der Waals surface area contributed by atoms with Crippen LogP contribution in [0.5, 0.6) is 0 Å². The minimum atomic E-state index is -2.62. The van der Waals surface area contributed by atoms with E-state index in [9.17, 15) is 177 Å². The Morgan fingerprint density at radius 3 is 0.910 bits per heavy atom. The van der Waals surface area contributed by atoms with E-state index in [0.29, 0.717) is 0 Å². The fourth-order valence-corrected chi connectivity index (χ4v) is 16.9. The smallest absolute Gasteiger partial charge is 0.217 e. The Morgan fingerprint density at radius 2 is 0.526 bits per heavy atom. The molecule has 54 atom stereocenters. The molecule has 10 fully saturated rings.